The van der Waals surface area contributed by atoms with E-state index in [4.69, 9.17) is 9.57 Å². The number of nitrogens with one attached hydrogen (secondary N) is 1. The van der Waals surface area contributed by atoms with Crippen LogP contribution in [0.4, 0.5) is 0 Å². The predicted octanol–water partition coefficient (Wildman–Crippen LogP) is 2.13. The van der Waals surface area contributed by atoms with E-state index in [-0.39, 0.29) is 5.91 Å². The third-order valence-corrected chi connectivity index (χ3v) is 3.13. The molecule has 0 atom stereocenters. The lowest BCUT2D eigenvalue weighted by Gasteiger charge is -2.17. The number of nitrogens with zero attached hydrogens (tertiary/aromatic N) is 1. The minimum Gasteiger partial charge on any atom is -0.497 e. The summed E-state index contributed by atoms with van der Waals surface area (Å²) in [6.45, 7) is 2.01. The number of amides is 1. The molecule has 0 saturated carbocycles. The van der Waals surface area contributed by atoms with E-state index in [1.165, 1.54) is 19.1 Å². The van der Waals surface area contributed by atoms with Crippen LogP contribution in [0.3, 0.4) is 0 Å². The first kappa shape index (κ1) is 13.4. The number of hydroxylamine groups is 2. The van der Waals surface area contributed by atoms with E-state index in [0.29, 0.717) is 6.54 Å². The minimum atomic E-state index is -0.0973. The van der Waals surface area contributed by atoms with Crippen molar-refractivity contribution in [2.24, 2.45) is 0 Å². The van der Waals surface area contributed by atoms with Gasteiger partial charge in [0.2, 0.25) is 5.91 Å². The Hall–Kier alpha value is -2.01. The van der Waals surface area contributed by atoms with Gasteiger partial charge in [-0.05, 0) is 30.2 Å². The molecule has 0 aliphatic carbocycles. The molecule has 2 rings (SSSR count). The van der Waals surface area contributed by atoms with Crippen molar-refractivity contribution in [2.45, 2.75) is 13.3 Å². The Labute approximate surface area is 112 Å². The summed E-state index contributed by atoms with van der Waals surface area (Å²) in [4.78, 5) is 19.5. The molecule has 1 N–H and O–H groups in total. The van der Waals surface area contributed by atoms with Crippen LogP contribution in [0.1, 0.15) is 12.5 Å². The van der Waals surface area contributed by atoms with Gasteiger partial charge in [-0.3, -0.25) is 9.63 Å². The van der Waals surface area contributed by atoms with Gasteiger partial charge in [-0.15, -0.1) is 0 Å². The average Bonchev–Trinajstić information content (AvgIpc) is 2.81. The number of aromatic amines is 1. The molecule has 19 heavy (non-hydrogen) atoms. The molecule has 0 bridgehead atoms. The molecule has 0 spiro atoms. The smallest absolute Gasteiger partial charge is 0.242 e. The highest BCUT2D eigenvalue weighted by Crippen LogP contribution is 2.24. The Balaban J connectivity index is 2.18. The van der Waals surface area contributed by atoms with E-state index in [1.54, 1.807) is 7.11 Å². The van der Waals surface area contributed by atoms with Gasteiger partial charge in [-0.2, -0.15) is 0 Å². The molecule has 1 heterocycles. The van der Waals surface area contributed by atoms with Crippen LogP contribution in [0.25, 0.3) is 10.9 Å². The molecule has 0 saturated heterocycles. The summed E-state index contributed by atoms with van der Waals surface area (Å²) < 4.78 is 5.23. The van der Waals surface area contributed by atoms with E-state index in [1.807, 2.05) is 24.4 Å². The quantitative estimate of drug-likeness (QED) is 0.840. The molecular weight excluding hydrogens is 244 g/mol. The molecular formula is C14H18N2O3. The molecule has 1 aromatic heterocycles. The minimum absolute atomic E-state index is 0.0973. The number of ether oxygens (including phenoxy) is 1. The van der Waals surface area contributed by atoms with Crippen molar-refractivity contribution in [2.75, 3.05) is 20.8 Å². The first-order valence-corrected chi connectivity index (χ1v) is 6.12. The van der Waals surface area contributed by atoms with Crippen LogP contribution >= 0.6 is 0 Å². The lowest BCUT2D eigenvalue weighted by molar-refractivity contribution is -0.173. The van der Waals surface area contributed by atoms with Gasteiger partial charge in [0.15, 0.2) is 0 Å². The van der Waals surface area contributed by atoms with Crippen molar-refractivity contribution in [3.8, 4) is 5.75 Å². The molecule has 0 radical (unpaired) electrons. The molecule has 5 nitrogen and oxygen atoms in total. The Kier molecular flexibility index (Phi) is 4.06. The average molecular weight is 262 g/mol. The van der Waals surface area contributed by atoms with Gasteiger partial charge in [-0.1, -0.05) is 0 Å². The van der Waals surface area contributed by atoms with Crippen molar-refractivity contribution in [1.29, 1.82) is 0 Å². The zero-order chi connectivity index (χ0) is 13.8. The number of methoxy groups -OCH3 is 1. The third kappa shape index (κ3) is 2.88. The number of H-pyrrole nitrogens is 1. The van der Waals surface area contributed by atoms with Crippen molar-refractivity contribution < 1.29 is 14.4 Å². The lowest BCUT2D eigenvalue weighted by Crippen LogP contribution is -2.29. The standard InChI is InChI=1S/C14H18N2O3/c1-10(17)16(19-3)7-6-11-9-15-14-5-4-12(18-2)8-13(11)14/h4-5,8-9,15H,6-7H2,1-3H3. The van der Waals surface area contributed by atoms with Crippen LogP contribution in [0.2, 0.25) is 0 Å². The molecule has 0 aliphatic heterocycles. The maximum Gasteiger partial charge on any atom is 0.242 e. The van der Waals surface area contributed by atoms with Gasteiger partial charge in [-0.25, -0.2) is 5.06 Å². The van der Waals surface area contributed by atoms with Gasteiger partial charge in [0, 0.05) is 24.0 Å². The molecule has 0 fully saturated rings. The fraction of sp³-hybridized carbons (Fsp3) is 0.357. The monoisotopic (exact) mass is 262 g/mol. The SMILES string of the molecule is COc1ccc2[nH]cc(CCN(OC)C(C)=O)c2c1. The Bertz CT molecular complexity index is 577. The molecule has 1 amide bonds. The highest BCUT2D eigenvalue weighted by atomic mass is 16.7. The zero-order valence-electron chi connectivity index (χ0n) is 11.4. The van der Waals surface area contributed by atoms with Crippen molar-refractivity contribution >= 4 is 16.8 Å². The number of benzene rings is 1. The number of carbonyl (C=O) groups excluding carboxylic acids is 1. The highest BCUT2D eigenvalue weighted by molar-refractivity contribution is 5.84. The lowest BCUT2D eigenvalue weighted by atomic mass is 10.1. The Morgan fingerprint density at radius 1 is 1.37 bits per heavy atom. The molecule has 5 heteroatoms. The highest BCUT2D eigenvalue weighted by Gasteiger charge is 2.10. The van der Waals surface area contributed by atoms with Crippen molar-refractivity contribution in [3.05, 3.63) is 30.0 Å². The summed E-state index contributed by atoms with van der Waals surface area (Å²) in [5, 5.41) is 2.46. The number of fused-ring (bicyclic) bond motifs is 1. The van der Waals surface area contributed by atoms with Gasteiger partial charge >= 0.3 is 0 Å². The van der Waals surface area contributed by atoms with Crippen LogP contribution in [-0.2, 0) is 16.1 Å². The van der Waals surface area contributed by atoms with Crippen LogP contribution in [0.5, 0.6) is 5.75 Å². The molecule has 0 unspecified atom stereocenters. The number of carbonyl (C=O) groups is 1. The zero-order valence-corrected chi connectivity index (χ0v) is 11.4. The second kappa shape index (κ2) is 5.75. The van der Waals surface area contributed by atoms with E-state index in [0.717, 1.165) is 28.6 Å². The first-order valence-electron chi connectivity index (χ1n) is 6.12. The number of rotatable bonds is 5. The summed E-state index contributed by atoms with van der Waals surface area (Å²) in [6.07, 6.45) is 2.68. The van der Waals surface area contributed by atoms with Crippen LogP contribution in [0, 0.1) is 0 Å². The third-order valence-electron chi connectivity index (χ3n) is 3.13. The largest absolute Gasteiger partial charge is 0.497 e. The first-order chi connectivity index (χ1) is 9.15. The van der Waals surface area contributed by atoms with Crippen LogP contribution in [-0.4, -0.2) is 36.7 Å². The van der Waals surface area contributed by atoms with Crippen LogP contribution < -0.4 is 4.74 Å². The summed E-state index contributed by atoms with van der Waals surface area (Å²) >= 11 is 0. The Morgan fingerprint density at radius 2 is 2.16 bits per heavy atom. The van der Waals surface area contributed by atoms with E-state index < -0.39 is 0 Å². The normalized spacial score (nSPS) is 10.7. The van der Waals surface area contributed by atoms with Gasteiger partial charge in [0.1, 0.15) is 5.75 Å². The topological polar surface area (TPSA) is 54.6 Å². The van der Waals surface area contributed by atoms with Gasteiger partial charge < -0.3 is 9.72 Å². The molecule has 1 aromatic carbocycles. The van der Waals surface area contributed by atoms with E-state index >= 15 is 0 Å². The fourth-order valence-electron chi connectivity index (χ4n) is 2.09. The summed E-state index contributed by atoms with van der Waals surface area (Å²) in [5.74, 6) is 0.725. The maximum atomic E-state index is 11.3. The number of aromatic nitrogens is 1. The van der Waals surface area contributed by atoms with Crippen molar-refractivity contribution in [1.82, 2.24) is 10.0 Å². The van der Waals surface area contributed by atoms with Gasteiger partial charge in [0.25, 0.3) is 0 Å². The fourth-order valence-corrected chi connectivity index (χ4v) is 2.09. The Morgan fingerprint density at radius 3 is 2.79 bits per heavy atom. The van der Waals surface area contributed by atoms with E-state index in [2.05, 4.69) is 4.98 Å². The summed E-state index contributed by atoms with van der Waals surface area (Å²) in [7, 11) is 3.15. The second-order valence-electron chi connectivity index (χ2n) is 4.28. The van der Waals surface area contributed by atoms with Crippen LogP contribution in [0.15, 0.2) is 24.4 Å². The molecule has 0 aliphatic rings. The second-order valence-corrected chi connectivity index (χ2v) is 4.28. The maximum absolute atomic E-state index is 11.3. The molecule has 102 valence electrons. The molecule has 2 aromatic rings. The number of hydrogen-bond donors (Lipinski definition) is 1. The van der Waals surface area contributed by atoms with Crippen molar-refractivity contribution in [3.63, 3.8) is 0 Å². The summed E-state index contributed by atoms with van der Waals surface area (Å²) in [6, 6.07) is 5.89. The predicted molar refractivity (Wildman–Crippen MR) is 73.0 cm³/mol. The summed E-state index contributed by atoms with van der Waals surface area (Å²) in [5.41, 5.74) is 2.19. The number of hydrogen-bond acceptors (Lipinski definition) is 3. The van der Waals surface area contributed by atoms with Gasteiger partial charge in [0.05, 0.1) is 20.8 Å². The van der Waals surface area contributed by atoms with E-state index in [9.17, 15) is 4.79 Å².